The Morgan fingerprint density at radius 2 is 2.32 bits per heavy atom. The molecule has 0 amide bonds. The second kappa shape index (κ2) is 4.40. The third kappa shape index (κ3) is 1.96. The largest absolute Gasteiger partial charge is 0.419 e. The van der Waals surface area contributed by atoms with E-state index in [4.69, 9.17) is 9.52 Å². The van der Waals surface area contributed by atoms with Crippen molar-refractivity contribution >= 4 is 11.1 Å². The molecule has 0 saturated heterocycles. The van der Waals surface area contributed by atoms with Crippen molar-refractivity contribution < 1.29 is 9.52 Å². The Morgan fingerprint density at radius 3 is 3.11 bits per heavy atom. The molecule has 98 valence electrons. The summed E-state index contributed by atoms with van der Waals surface area (Å²) in [6, 6.07) is 5.50. The van der Waals surface area contributed by atoms with E-state index in [9.17, 15) is 4.79 Å². The molecule has 0 fully saturated rings. The Hall–Kier alpha value is -2.34. The SMILES string of the molecule is Cn1c(=O)oc2ccc(-c3cnc(CCO)[nH]3)cc21. The Kier molecular flexibility index (Phi) is 2.72. The van der Waals surface area contributed by atoms with Crippen LogP contribution in [0.5, 0.6) is 0 Å². The summed E-state index contributed by atoms with van der Waals surface area (Å²) < 4.78 is 6.54. The van der Waals surface area contributed by atoms with E-state index in [0.717, 1.165) is 22.6 Å². The number of rotatable bonds is 3. The third-order valence-electron chi connectivity index (χ3n) is 3.08. The van der Waals surface area contributed by atoms with Gasteiger partial charge in [-0.1, -0.05) is 0 Å². The van der Waals surface area contributed by atoms with Crippen LogP contribution in [-0.4, -0.2) is 26.2 Å². The molecule has 3 aromatic rings. The van der Waals surface area contributed by atoms with Crippen LogP contribution in [0.1, 0.15) is 5.82 Å². The first kappa shape index (κ1) is 11.7. The van der Waals surface area contributed by atoms with Gasteiger partial charge in [-0.05, 0) is 18.2 Å². The van der Waals surface area contributed by atoms with Crippen molar-refractivity contribution in [3.63, 3.8) is 0 Å². The molecule has 19 heavy (non-hydrogen) atoms. The van der Waals surface area contributed by atoms with Crippen LogP contribution >= 0.6 is 0 Å². The molecule has 6 nitrogen and oxygen atoms in total. The van der Waals surface area contributed by atoms with Crippen LogP contribution in [-0.2, 0) is 13.5 Å². The normalized spacial score (nSPS) is 11.3. The minimum absolute atomic E-state index is 0.0578. The van der Waals surface area contributed by atoms with Gasteiger partial charge < -0.3 is 14.5 Å². The lowest BCUT2D eigenvalue weighted by Crippen LogP contribution is -2.08. The number of imidazole rings is 1. The van der Waals surface area contributed by atoms with Gasteiger partial charge in [-0.15, -0.1) is 0 Å². The summed E-state index contributed by atoms with van der Waals surface area (Å²) in [6.45, 7) is 0.0578. The molecule has 0 radical (unpaired) electrons. The Bertz CT molecular complexity index is 782. The zero-order valence-electron chi connectivity index (χ0n) is 10.4. The highest BCUT2D eigenvalue weighted by molar-refractivity contribution is 5.79. The number of nitrogens with zero attached hydrogens (tertiary/aromatic N) is 2. The van der Waals surface area contributed by atoms with E-state index in [1.807, 2.05) is 12.1 Å². The summed E-state index contributed by atoms with van der Waals surface area (Å²) in [7, 11) is 1.67. The number of hydrogen-bond donors (Lipinski definition) is 2. The molecule has 2 heterocycles. The van der Waals surface area contributed by atoms with Gasteiger partial charge in [-0.3, -0.25) is 4.57 Å². The minimum atomic E-state index is -0.377. The maximum absolute atomic E-state index is 11.4. The number of aromatic amines is 1. The molecular formula is C13H13N3O3. The first-order valence-electron chi connectivity index (χ1n) is 5.94. The van der Waals surface area contributed by atoms with E-state index >= 15 is 0 Å². The maximum atomic E-state index is 11.4. The van der Waals surface area contributed by atoms with E-state index in [1.54, 1.807) is 19.3 Å². The number of fused-ring (bicyclic) bond motifs is 1. The van der Waals surface area contributed by atoms with Gasteiger partial charge >= 0.3 is 5.76 Å². The molecule has 1 aromatic carbocycles. The van der Waals surface area contributed by atoms with E-state index in [1.165, 1.54) is 4.57 Å². The smallest absolute Gasteiger partial charge is 0.408 e. The van der Waals surface area contributed by atoms with Crippen LogP contribution in [0.2, 0.25) is 0 Å². The summed E-state index contributed by atoms with van der Waals surface area (Å²) >= 11 is 0. The van der Waals surface area contributed by atoms with Crippen molar-refractivity contribution in [2.75, 3.05) is 6.61 Å². The van der Waals surface area contributed by atoms with Crippen molar-refractivity contribution in [1.29, 1.82) is 0 Å². The lowest BCUT2D eigenvalue weighted by atomic mass is 10.1. The standard InChI is InChI=1S/C13H13N3O3/c1-16-10-6-8(2-3-11(10)19-13(16)18)9-7-14-12(15-9)4-5-17/h2-3,6-7,17H,4-5H2,1H3,(H,14,15). The van der Waals surface area contributed by atoms with Crippen molar-refractivity contribution in [3.05, 3.63) is 40.8 Å². The average Bonchev–Trinajstić information content (AvgIpc) is 2.97. The van der Waals surface area contributed by atoms with Crippen molar-refractivity contribution in [3.8, 4) is 11.3 Å². The van der Waals surface area contributed by atoms with Crippen molar-refractivity contribution in [2.45, 2.75) is 6.42 Å². The average molecular weight is 259 g/mol. The van der Waals surface area contributed by atoms with Gasteiger partial charge in [0.15, 0.2) is 5.58 Å². The lowest BCUT2D eigenvalue weighted by molar-refractivity contribution is 0.297. The number of aromatic nitrogens is 3. The number of nitrogens with one attached hydrogen (secondary N) is 1. The Morgan fingerprint density at radius 1 is 1.47 bits per heavy atom. The summed E-state index contributed by atoms with van der Waals surface area (Å²) in [4.78, 5) is 18.7. The molecule has 0 bridgehead atoms. The van der Waals surface area contributed by atoms with Crippen molar-refractivity contribution in [1.82, 2.24) is 14.5 Å². The molecule has 0 atom stereocenters. The van der Waals surface area contributed by atoms with Crippen molar-refractivity contribution in [2.24, 2.45) is 7.05 Å². The molecule has 0 spiro atoms. The van der Waals surface area contributed by atoms with Crippen LogP contribution in [0, 0.1) is 0 Å². The zero-order valence-corrected chi connectivity index (χ0v) is 10.4. The first-order valence-corrected chi connectivity index (χ1v) is 5.94. The molecule has 0 unspecified atom stereocenters. The van der Waals surface area contributed by atoms with Gasteiger partial charge in [0.05, 0.1) is 24.0 Å². The number of oxazole rings is 1. The highest BCUT2D eigenvalue weighted by Gasteiger charge is 2.09. The Labute approximate surface area is 108 Å². The molecular weight excluding hydrogens is 246 g/mol. The second-order valence-corrected chi connectivity index (χ2v) is 4.33. The van der Waals surface area contributed by atoms with Crippen LogP contribution in [0.25, 0.3) is 22.4 Å². The zero-order chi connectivity index (χ0) is 13.4. The third-order valence-corrected chi connectivity index (χ3v) is 3.08. The minimum Gasteiger partial charge on any atom is -0.408 e. The lowest BCUT2D eigenvalue weighted by Gasteiger charge is -1.98. The number of aryl methyl sites for hydroxylation is 1. The Balaban J connectivity index is 2.08. The number of benzene rings is 1. The van der Waals surface area contributed by atoms with Gasteiger partial charge in [0.1, 0.15) is 5.82 Å². The number of hydrogen-bond acceptors (Lipinski definition) is 4. The highest BCUT2D eigenvalue weighted by atomic mass is 16.4. The molecule has 2 aromatic heterocycles. The van der Waals surface area contributed by atoms with E-state index < -0.39 is 0 Å². The summed E-state index contributed by atoms with van der Waals surface area (Å²) in [5, 5.41) is 8.87. The maximum Gasteiger partial charge on any atom is 0.419 e. The fraction of sp³-hybridized carbons (Fsp3) is 0.231. The summed E-state index contributed by atoms with van der Waals surface area (Å²) in [5.74, 6) is 0.358. The van der Waals surface area contributed by atoms with Gasteiger partial charge in [-0.2, -0.15) is 0 Å². The monoisotopic (exact) mass is 259 g/mol. The number of aliphatic hydroxyl groups excluding tert-OH is 1. The quantitative estimate of drug-likeness (QED) is 0.736. The van der Waals surface area contributed by atoms with Gasteiger partial charge in [0.25, 0.3) is 0 Å². The predicted octanol–water partition coefficient (Wildman–Crippen LogP) is 1.06. The van der Waals surface area contributed by atoms with E-state index in [2.05, 4.69) is 9.97 Å². The van der Waals surface area contributed by atoms with Crippen LogP contribution < -0.4 is 5.76 Å². The van der Waals surface area contributed by atoms with Crippen LogP contribution in [0.4, 0.5) is 0 Å². The topological polar surface area (TPSA) is 84.1 Å². The molecule has 0 aliphatic carbocycles. The first-order chi connectivity index (χ1) is 9.19. The molecule has 0 aliphatic rings. The molecule has 0 aliphatic heterocycles. The second-order valence-electron chi connectivity index (χ2n) is 4.33. The fourth-order valence-electron chi connectivity index (χ4n) is 2.04. The molecule has 3 rings (SSSR count). The van der Waals surface area contributed by atoms with Gasteiger partial charge in [0, 0.05) is 19.0 Å². The highest BCUT2D eigenvalue weighted by Crippen LogP contribution is 2.22. The number of aliphatic hydroxyl groups is 1. The molecule has 6 heteroatoms. The van der Waals surface area contributed by atoms with E-state index in [-0.39, 0.29) is 12.4 Å². The molecule has 0 saturated carbocycles. The van der Waals surface area contributed by atoms with Gasteiger partial charge in [0.2, 0.25) is 0 Å². The van der Waals surface area contributed by atoms with Crippen LogP contribution in [0.3, 0.4) is 0 Å². The predicted molar refractivity (Wildman–Crippen MR) is 69.8 cm³/mol. The van der Waals surface area contributed by atoms with Gasteiger partial charge in [-0.25, -0.2) is 9.78 Å². The van der Waals surface area contributed by atoms with E-state index in [0.29, 0.717) is 12.0 Å². The summed E-state index contributed by atoms with van der Waals surface area (Å²) in [6.07, 6.45) is 2.21. The summed E-state index contributed by atoms with van der Waals surface area (Å²) in [5.41, 5.74) is 3.06. The number of H-pyrrole nitrogens is 1. The van der Waals surface area contributed by atoms with Crippen LogP contribution in [0.15, 0.2) is 33.6 Å². The fourth-order valence-corrected chi connectivity index (χ4v) is 2.04. The molecule has 2 N–H and O–H groups in total.